The second kappa shape index (κ2) is 6.83. The smallest absolute Gasteiger partial charge is 0.184 e. The van der Waals surface area contributed by atoms with Crippen molar-refractivity contribution in [3.63, 3.8) is 0 Å². The summed E-state index contributed by atoms with van der Waals surface area (Å²) in [7, 11) is 0. The lowest BCUT2D eigenvalue weighted by molar-refractivity contribution is -0.0441. The molecule has 2 aromatic carbocycles. The zero-order valence-corrected chi connectivity index (χ0v) is 13.2. The maximum Gasteiger partial charge on any atom is 0.184 e. The first-order valence-corrected chi connectivity index (χ1v) is 8.41. The van der Waals surface area contributed by atoms with Crippen LogP contribution in [0.3, 0.4) is 0 Å². The molecule has 0 aliphatic carbocycles. The average Bonchev–Trinajstić information content (AvgIpc) is 3.28. The largest absolute Gasteiger partial charge is 0.370 e. The van der Waals surface area contributed by atoms with Crippen LogP contribution >= 0.6 is 0 Å². The van der Waals surface area contributed by atoms with E-state index in [4.69, 9.17) is 14.2 Å². The van der Waals surface area contributed by atoms with Crippen LogP contribution in [0.15, 0.2) is 54.6 Å². The molecule has 0 saturated carbocycles. The molecule has 3 heteroatoms. The quantitative estimate of drug-likeness (QED) is 0.847. The van der Waals surface area contributed by atoms with Gasteiger partial charge < -0.3 is 14.2 Å². The van der Waals surface area contributed by atoms with Crippen LogP contribution in [0.5, 0.6) is 0 Å². The molecule has 0 N–H and O–H groups in total. The molecule has 0 spiro atoms. The van der Waals surface area contributed by atoms with Gasteiger partial charge in [-0.3, -0.25) is 0 Å². The summed E-state index contributed by atoms with van der Waals surface area (Å²) in [4.78, 5) is 0. The summed E-state index contributed by atoms with van der Waals surface area (Å²) in [5.74, 6) is 0. The van der Waals surface area contributed by atoms with Crippen molar-refractivity contribution in [2.45, 2.75) is 37.8 Å². The molecule has 2 heterocycles. The first kappa shape index (κ1) is 14.9. The minimum absolute atomic E-state index is 0.186. The van der Waals surface area contributed by atoms with Crippen LogP contribution in [-0.2, 0) is 20.6 Å². The van der Waals surface area contributed by atoms with Gasteiger partial charge in [-0.05, 0) is 30.4 Å². The Kier molecular flexibility index (Phi) is 4.42. The van der Waals surface area contributed by atoms with Crippen LogP contribution in [0.4, 0.5) is 0 Å². The van der Waals surface area contributed by atoms with Gasteiger partial charge in [-0.15, -0.1) is 0 Å². The lowest BCUT2D eigenvalue weighted by atomic mass is 10.0. The zero-order chi connectivity index (χ0) is 15.5. The molecule has 23 heavy (non-hydrogen) atoms. The third-order valence-corrected chi connectivity index (χ3v) is 4.62. The van der Waals surface area contributed by atoms with Crippen molar-refractivity contribution >= 4 is 0 Å². The van der Waals surface area contributed by atoms with E-state index in [0.29, 0.717) is 19.3 Å². The standard InChI is InChI=1S/C20H22O3/c1-2-4-16(5-3-1)19-11-10-18(23-19)14-15-6-8-17(9-7-15)20-21-12-13-22-20/h1-9,18-20H,10-14H2/t18-,19-/m0/s1. The molecule has 2 aliphatic rings. The van der Waals surface area contributed by atoms with Crippen molar-refractivity contribution in [2.75, 3.05) is 13.2 Å². The molecule has 120 valence electrons. The highest BCUT2D eigenvalue weighted by atomic mass is 16.7. The Morgan fingerprint density at radius 2 is 1.52 bits per heavy atom. The Morgan fingerprint density at radius 1 is 0.783 bits per heavy atom. The zero-order valence-electron chi connectivity index (χ0n) is 13.2. The van der Waals surface area contributed by atoms with Crippen LogP contribution in [0, 0.1) is 0 Å². The van der Waals surface area contributed by atoms with Gasteiger partial charge in [-0.25, -0.2) is 0 Å². The molecular weight excluding hydrogens is 288 g/mol. The lowest BCUT2D eigenvalue weighted by Gasteiger charge is -2.15. The van der Waals surface area contributed by atoms with E-state index in [0.717, 1.165) is 24.8 Å². The summed E-state index contributed by atoms with van der Waals surface area (Å²) in [6.45, 7) is 1.37. The van der Waals surface area contributed by atoms with Gasteiger partial charge in [0, 0.05) is 5.56 Å². The summed E-state index contributed by atoms with van der Waals surface area (Å²) >= 11 is 0. The van der Waals surface area contributed by atoms with Gasteiger partial charge in [0.1, 0.15) is 0 Å². The highest BCUT2D eigenvalue weighted by Gasteiger charge is 2.26. The third-order valence-electron chi connectivity index (χ3n) is 4.62. The Balaban J connectivity index is 1.35. The van der Waals surface area contributed by atoms with E-state index in [9.17, 15) is 0 Å². The van der Waals surface area contributed by atoms with Crippen molar-refractivity contribution in [3.05, 3.63) is 71.3 Å². The molecule has 2 aliphatic heterocycles. The van der Waals surface area contributed by atoms with Crippen LogP contribution in [0.25, 0.3) is 0 Å². The van der Waals surface area contributed by atoms with Gasteiger partial charge in [0.05, 0.1) is 25.4 Å². The minimum Gasteiger partial charge on any atom is -0.370 e. The second-order valence-corrected chi connectivity index (χ2v) is 6.25. The molecule has 0 aromatic heterocycles. The number of benzene rings is 2. The summed E-state index contributed by atoms with van der Waals surface area (Å²) < 4.78 is 17.3. The fraction of sp³-hybridized carbons (Fsp3) is 0.400. The lowest BCUT2D eigenvalue weighted by Crippen LogP contribution is -2.10. The van der Waals surface area contributed by atoms with Crippen molar-refractivity contribution in [2.24, 2.45) is 0 Å². The van der Waals surface area contributed by atoms with Crippen molar-refractivity contribution < 1.29 is 14.2 Å². The van der Waals surface area contributed by atoms with Crippen molar-refractivity contribution in [1.82, 2.24) is 0 Å². The molecule has 0 bridgehead atoms. The van der Waals surface area contributed by atoms with E-state index in [1.54, 1.807) is 0 Å². The molecule has 2 saturated heterocycles. The normalized spacial score (nSPS) is 25.0. The third kappa shape index (κ3) is 3.47. The first-order valence-electron chi connectivity index (χ1n) is 8.41. The molecule has 2 aromatic rings. The molecule has 0 amide bonds. The maximum absolute atomic E-state index is 6.23. The summed E-state index contributed by atoms with van der Waals surface area (Å²) in [5.41, 5.74) is 3.70. The van der Waals surface area contributed by atoms with Crippen molar-refractivity contribution in [1.29, 1.82) is 0 Å². The van der Waals surface area contributed by atoms with Gasteiger partial charge in [-0.1, -0.05) is 54.6 Å². The first-order chi connectivity index (χ1) is 11.4. The Hall–Kier alpha value is -1.68. The molecule has 4 rings (SSSR count). The van der Waals surface area contributed by atoms with Crippen LogP contribution < -0.4 is 0 Å². The van der Waals surface area contributed by atoms with Crippen molar-refractivity contribution in [3.8, 4) is 0 Å². The molecule has 2 atom stereocenters. The van der Waals surface area contributed by atoms with Gasteiger partial charge in [0.25, 0.3) is 0 Å². The van der Waals surface area contributed by atoms with Gasteiger partial charge in [-0.2, -0.15) is 0 Å². The highest BCUT2D eigenvalue weighted by molar-refractivity contribution is 5.25. The fourth-order valence-corrected chi connectivity index (χ4v) is 3.39. The van der Waals surface area contributed by atoms with Gasteiger partial charge in [0.2, 0.25) is 0 Å². The van der Waals surface area contributed by atoms with E-state index in [1.165, 1.54) is 11.1 Å². The Bertz CT molecular complexity index is 617. The van der Waals surface area contributed by atoms with E-state index in [-0.39, 0.29) is 12.4 Å². The van der Waals surface area contributed by atoms with Crippen LogP contribution in [-0.4, -0.2) is 19.3 Å². The van der Waals surface area contributed by atoms with E-state index in [1.807, 2.05) is 0 Å². The van der Waals surface area contributed by atoms with Crippen LogP contribution in [0.1, 0.15) is 41.9 Å². The average molecular weight is 310 g/mol. The number of ether oxygens (including phenoxy) is 3. The van der Waals surface area contributed by atoms with E-state index in [2.05, 4.69) is 54.6 Å². The predicted octanol–water partition coefficient (Wildman–Crippen LogP) is 4.19. The number of rotatable bonds is 4. The Labute approximate surface area is 137 Å². The SMILES string of the molecule is c1ccc([C@@H]2CC[C@@H](Cc3ccc(C4OCCO4)cc3)O2)cc1. The monoisotopic (exact) mass is 310 g/mol. The predicted molar refractivity (Wildman–Crippen MR) is 88.1 cm³/mol. The number of hydrogen-bond acceptors (Lipinski definition) is 3. The molecule has 0 radical (unpaired) electrons. The maximum atomic E-state index is 6.23. The highest BCUT2D eigenvalue weighted by Crippen LogP contribution is 2.34. The summed E-state index contributed by atoms with van der Waals surface area (Å²) in [6.07, 6.45) is 3.57. The molecule has 0 unspecified atom stereocenters. The van der Waals surface area contributed by atoms with Gasteiger partial charge >= 0.3 is 0 Å². The van der Waals surface area contributed by atoms with Crippen LogP contribution in [0.2, 0.25) is 0 Å². The van der Waals surface area contributed by atoms with E-state index >= 15 is 0 Å². The molecular formula is C20H22O3. The topological polar surface area (TPSA) is 27.7 Å². The molecule has 2 fully saturated rings. The minimum atomic E-state index is -0.186. The summed E-state index contributed by atoms with van der Waals surface area (Å²) in [5, 5.41) is 0. The molecule has 3 nitrogen and oxygen atoms in total. The second-order valence-electron chi connectivity index (χ2n) is 6.25. The number of hydrogen-bond donors (Lipinski definition) is 0. The van der Waals surface area contributed by atoms with E-state index < -0.39 is 0 Å². The summed E-state index contributed by atoms with van der Waals surface area (Å²) in [6, 6.07) is 19.1. The Morgan fingerprint density at radius 3 is 2.26 bits per heavy atom. The fourth-order valence-electron chi connectivity index (χ4n) is 3.39. The van der Waals surface area contributed by atoms with Gasteiger partial charge in [0.15, 0.2) is 6.29 Å².